The van der Waals surface area contributed by atoms with E-state index in [1.54, 1.807) is 39.3 Å². The average Bonchev–Trinajstić information content (AvgIpc) is 3.18. The minimum atomic E-state index is -0.416. The molecular formula is C21H23N3O4S. The van der Waals surface area contributed by atoms with Crippen LogP contribution in [0.1, 0.15) is 18.1 Å². The van der Waals surface area contributed by atoms with Gasteiger partial charge in [-0.3, -0.25) is 4.79 Å². The van der Waals surface area contributed by atoms with Crippen molar-refractivity contribution in [2.45, 2.75) is 31.2 Å². The maximum atomic E-state index is 12.6. The molecule has 0 aliphatic heterocycles. The van der Waals surface area contributed by atoms with Crippen molar-refractivity contribution >= 4 is 23.4 Å². The predicted molar refractivity (Wildman–Crippen MR) is 113 cm³/mol. The third-order valence-corrected chi connectivity index (χ3v) is 5.28. The van der Waals surface area contributed by atoms with E-state index in [0.29, 0.717) is 28.2 Å². The van der Waals surface area contributed by atoms with E-state index < -0.39 is 5.25 Å². The number of thioether (sulfide) groups is 1. The van der Waals surface area contributed by atoms with Crippen molar-refractivity contribution in [1.29, 1.82) is 0 Å². The fourth-order valence-electron chi connectivity index (χ4n) is 2.65. The second-order valence-electron chi connectivity index (χ2n) is 6.51. The Morgan fingerprint density at radius 1 is 1.10 bits per heavy atom. The van der Waals surface area contributed by atoms with Crippen molar-refractivity contribution in [2.75, 3.05) is 19.5 Å². The Labute approximate surface area is 173 Å². The zero-order chi connectivity index (χ0) is 21.0. The van der Waals surface area contributed by atoms with Gasteiger partial charge in [-0.05, 0) is 50.1 Å². The number of nitrogens with one attached hydrogen (secondary N) is 1. The Morgan fingerprint density at radius 2 is 1.90 bits per heavy atom. The molecule has 0 saturated heterocycles. The normalized spacial score (nSPS) is 11.8. The lowest BCUT2D eigenvalue weighted by atomic mass is 10.1. The van der Waals surface area contributed by atoms with Crippen molar-refractivity contribution in [3.8, 4) is 23.0 Å². The summed E-state index contributed by atoms with van der Waals surface area (Å²) < 4.78 is 16.3. The van der Waals surface area contributed by atoms with Crippen LogP contribution in [-0.2, 0) is 4.79 Å². The molecule has 1 atom stereocenters. The van der Waals surface area contributed by atoms with Crippen LogP contribution in [0.15, 0.2) is 46.0 Å². The molecule has 0 aliphatic rings. The molecule has 29 heavy (non-hydrogen) atoms. The number of ether oxygens (including phenoxy) is 2. The van der Waals surface area contributed by atoms with Gasteiger partial charge in [-0.25, -0.2) is 0 Å². The fraction of sp³-hybridized carbons (Fsp3) is 0.286. The maximum absolute atomic E-state index is 12.6. The Bertz CT molecular complexity index is 1020. The van der Waals surface area contributed by atoms with Gasteiger partial charge in [0.25, 0.3) is 11.1 Å². The van der Waals surface area contributed by atoms with E-state index in [0.717, 1.165) is 16.8 Å². The number of benzene rings is 2. The maximum Gasteiger partial charge on any atom is 0.277 e. The lowest BCUT2D eigenvalue weighted by Gasteiger charge is -2.12. The molecule has 0 spiro atoms. The highest BCUT2D eigenvalue weighted by Gasteiger charge is 2.20. The zero-order valence-corrected chi connectivity index (χ0v) is 17.8. The minimum absolute atomic E-state index is 0.134. The molecule has 1 unspecified atom stereocenters. The van der Waals surface area contributed by atoms with Gasteiger partial charge < -0.3 is 19.2 Å². The van der Waals surface area contributed by atoms with Crippen LogP contribution in [0.25, 0.3) is 11.5 Å². The van der Waals surface area contributed by atoms with Crippen LogP contribution in [0.4, 0.5) is 5.69 Å². The molecule has 8 heteroatoms. The van der Waals surface area contributed by atoms with Crippen LogP contribution < -0.4 is 14.8 Å². The molecule has 1 N–H and O–H groups in total. The highest BCUT2D eigenvalue weighted by Crippen LogP contribution is 2.34. The van der Waals surface area contributed by atoms with Gasteiger partial charge >= 0.3 is 0 Å². The Balaban J connectivity index is 1.71. The van der Waals surface area contributed by atoms with Gasteiger partial charge in [0.15, 0.2) is 0 Å². The van der Waals surface area contributed by atoms with Crippen molar-refractivity contribution in [2.24, 2.45) is 0 Å². The highest BCUT2D eigenvalue weighted by atomic mass is 32.2. The predicted octanol–water partition coefficient (Wildman–Crippen LogP) is 4.49. The molecule has 0 aliphatic carbocycles. The smallest absolute Gasteiger partial charge is 0.277 e. The third-order valence-electron chi connectivity index (χ3n) is 4.34. The van der Waals surface area contributed by atoms with Gasteiger partial charge in [0.1, 0.15) is 11.5 Å². The largest absolute Gasteiger partial charge is 0.497 e. The Hall–Kier alpha value is -3.00. The molecule has 3 aromatic rings. The van der Waals surface area contributed by atoms with E-state index in [9.17, 15) is 4.79 Å². The lowest BCUT2D eigenvalue weighted by molar-refractivity contribution is -0.115. The molecular weight excluding hydrogens is 390 g/mol. The number of nitrogens with zero attached hydrogens (tertiary/aromatic N) is 2. The first-order valence-corrected chi connectivity index (χ1v) is 9.90. The van der Waals surface area contributed by atoms with E-state index >= 15 is 0 Å². The SMILES string of the molecule is COc1ccc(-c2nnc(SC(C)C(=O)Nc3cc(C)ccc3C)o2)c(OC)c1. The molecule has 1 aromatic heterocycles. The summed E-state index contributed by atoms with van der Waals surface area (Å²) in [5.74, 6) is 1.40. The number of carbonyl (C=O) groups is 1. The topological polar surface area (TPSA) is 86.5 Å². The Morgan fingerprint density at radius 3 is 2.62 bits per heavy atom. The number of anilines is 1. The van der Waals surface area contributed by atoms with Gasteiger partial charge in [0, 0.05) is 11.8 Å². The highest BCUT2D eigenvalue weighted by molar-refractivity contribution is 8.00. The molecule has 1 heterocycles. The number of amides is 1. The molecule has 3 rings (SSSR count). The standard InChI is InChI=1S/C21H23N3O4S/c1-12-6-7-13(2)17(10-12)22-19(25)14(3)29-21-24-23-20(28-21)16-9-8-15(26-4)11-18(16)27-5/h6-11,14H,1-5H3,(H,22,25). The molecule has 152 valence electrons. The number of aryl methyl sites for hydroxylation is 2. The number of methoxy groups -OCH3 is 2. The third kappa shape index (κ3) is 4.89. The van der Waals surface area contributed by atoms with Gasteiger partial charge in [0.2, 0.25) is 5.91 Å². The Kier molecular flexibility index (Phi) is 6.43. The number of hydrogen-bond acceptors (Lipinski definition) is 7. The van der Waals surface area contributed by atoms with E-state index in [1.807, 2.05) is 32.0 Å². The van der Waals surface area contributed by atoms with Crippen molar-refractivity contribution in [3.63, 3.8) is 0 Å². The number of hydrogen-bond donors (Lipinski definition) is 1. The molecule has 2 aromatic carbocycles. The first kappa shape index (κ1) is 20.7. The van der Waals surface area contributed by atoms with E-state index in [-0.39, 0.29) is 5.91 Å². The van der Waals surface area contributed by atoms with Crippen LogP contribution in [-0.4, -0.2) is 35.6 Å². The molecule has 7 nitrogen and oxygen atoms in total. The summed E-state index contributed by atoms with van der Waals surface area (Å²) in [6.07, 6.45) is 0. The summed E-state index contributed by atoms with van der Waals surface area (Å²) in [6, 6.07) is 11.3. The quantitative estimate of drug-likeness (QED) is 0.571. The monoisotopic (exact) mass is 413 g/mol. The molecule has 0 saturated carbocycles. The van der Waals surface area contributed by atoms with Crippen LogP contribution in [0.5, 0.6) is 11.5 Å². The van der Waals surface area contributed by atoms with E-state index in [4.69, 9.17) is 13.9 Å². The van der Waals surface area contributed by atoms with Crippen LogP contribution >= 0.6 is 11.8 Å². The van der Waals surface area contributed by atoms with Crippen molar-refractivity contribution in [1.82, 2.24) is 10.2 Å². The molecule has 1 amide bonds. The van der Waals surface area contributed by atoms with Crippen LogP contribution in [0, 0.1) is 13.8 Å². The summed E-state index contributed by atoms with van der Waals surface area (Å²) >= 11 is 1.20. The second kappa shape index (κ2) is 9.00. The van der Waals surface area contributed by atoms with Crippen molar-refractivity contribution < 1.29 is 18.7 Å². The minimum Gasteiger partial charge on any atom is -0.497 e. The summed E-state index contributed by atoms with van der Waals surface area (Å²) in [7, 11) is 3.14. The number of carbonyl (C=O) groups excluding carboxylic acids is 1. The molecule has 0 radical (unpaired) electrons. The fourth-order valence-corrected chi connectivity index (χ4v) is 3.33. The van der Waals surface area contributed by atoms with Gasteiger partial charge in [-0.1, -0.05) is 23.9 Å². The number of rotatable bonds is 7. The summed E-state index contributed by atoms with van der Waals surface area (Å²) in [5, 5.41) is 11.0. The number of aromatic nitrogens is 2. The molecule has 0 fully saturated rings. The average molecular weight is 413 g/mol. The lowest BCUT2D eigenvalue weighted by Crippen LogP contribution is -2.22. The van der Waals surface area contributed by atoms with Crippen LogP contribution in [0.3, 0.4) is 0 Å². The zero-order valence-electron chi connectivity index (χ0n) is 17.0. The van der Waals surface area contributed by atoms with E-state index in [1.165, 1.54) is 11.8 Å². The van der Waals surface area contributed by atoms with Gasteiger partial charge in [-0.15, -0.1) is 10.2 Å². The summed E-state index contributed by atoms with van der Waals surface area (Å²) in [6.45, 7) is 5.74. The first-order valence-electron chi connectivity index (χ1n) is 9.02. The summed E-state index contributed by atoms with van der Waals surface area (Å²) in [5.41, 5.74) is 3.55. The van der Waals surface area contributed by atoms with E-state index in [2.05, 4.69) is 15.5 Å². The molecule has 0 bridgehead atoms. The van der Waals surface area contributed by atoms with Gasteiger partial charge in [-0.2, -0.15) is 0 Å². The first-order chi connectivity index (χ1) is 13.9. The van der Waals surface area contributed by atoms with Crippen molar-refractivity contribution in [3.05, 3.63) is 47.5 Å². The summed E-state index contributed by atoms with van der Waals surface area (Å²) in [4.78, 5) is 12.6. The second-order valence-corrected chi connectivity index (χ2v) is 7.80. The van der Waals surface area contributed by atoms with Crippen LogP contribution in [0.2, 0.25) is 0 Å². The van der Waals surface area contributed by atoms with Gasteiger partial charge in [0.05, 0.1) is 25.0 Å².